The van der Waals surface area contributed by atoms with E-state index in [1.54, 1.807) is 30.3 Å². The summed E-state index contributed by atoms with van der Waals surface area (Å²) in [6.45, 7) is 4.72. The smallest absolute Gasteiger partial charge is 0.252 e. The fourth-order valence-corrected chi connectivity index (χ4v) is 2.63. The van der Waals surface area contributed by atoms with Crippen LogP contribution in [0.5, 0.6) is 0 Å². The van der Waals surface area contributed by atoms with Gasteiger partial charge in [0.25, 0.3) is 5.91 Å². The minimum absolute atomic E-state index is 0.0214. The van der Waals surface area contributed by atoms with Crippen molar-refractivity contribution in [1.29, 1.82) is 0 Å². The summed E-state index contributed by atoms with van der Waals surface area (Å²) in [5.74, 6) is 0.0214. The average molecular weight is 270 g/mol. The van der Waals surface area contributed by atoms with Crippen molar-refractivity contribution in [3.63, 3.8) is 0 Å². The number of carbonyl (C=O) groups is 1. The molecular formula is C11H18N4O2S. The van der Waals surface area contributed by atoms with Crippen LogP contribution in [-0.2, 0) is 16.1 Å². The monoisotopic (exact) mass is 270 g/mol. The van der Waals surface area contributed by atoms with Crippen LogP contribution < -0.4 is 0 Å². The Hall–Kier alpha value is -1.05. The van der Waals surface area contributed by atoms with Crippen molar-refractivity contribution in [2.24, 2.45) is 0 Å². The molecule has 0 bridgehead atoms. The summed E-state index contributed by atoms with van der Waals surface area (Å²) in [6, 6.07) is 0. The zero-order valence-electron chi connectivity index (χ0n) is 10.9. The number of morpholine rings is 1. The van der Waals surface area contributed by atoms with Gasteiger partial charge in [0.1, 0.15) is 16.1 Å². The number of nitrogens with zero attached hydrogens (tertiary/aromatic N) is 4. The quantitative estimate of drug-likeness (QED) is 0.781. The lowest BCUT2D eigenvalue weighted by atomic mass is 10.2. The topological polar surface area (TPSA) is 58.6 Å². The molecule has 0 aliphatic carbocycles. The van der Waals surface area contributed by atoms with Crippen LogP contribution in [0.15, 0.2) is 0 Å². The van der Waals surface area contributed by atoms with E-state index in [2.05, 4.69) is 15.1 Å². The number of amides is 1. The SMILES string of the molecule is Cc1nnc(CN2CCO[C@@H](C(=O)N(C)C)C2)s1. The fourth-order valence-electron chi connectivity index (χ4n) is 1.88. The maximum Gasteiger partial charge on any atom is 0.252 e. The summed E-state index contributed by atoms with van der Waals surface area (Å²) >= 11 is 1.60. The Labute approximate surface area is 111 Å². The molecule has 0 spiro atoms. The van der Waals surface area contributed by atoms with Crippen LogP contribution in [0, 0.1) is 6.92 Å². The van der Waals surface area contributed by atoms with Gasteiger partial charge in [-0.25, -0.2) is 0 Å². The van der Waals surface area contributed by atoms with E-state index in [0.717, 1.165) is 23.1 Å². The molecule has 0 unspecified atom stereocenters. The number of carbonyl (C=O) groups excluding carboxylic acids is 1. The molecule has 1 saturated heterocycles. The first-order chi connectivity index (χ1) is 8.56. The molecule has 7 heteroatoms. The van der Waals surface area contributed by atoms with Crippen LogP contribution in [-0.4, -0.2) is 65.8 Å². The van der Waals surface area contributed by atoms with Crippen LogP contribution in [0.1, 0.15) is 10.0 Å². The maximum atomic E-state index is 11.8. The molecule has 2 rings (SSSR count). The van der Waals surface area contributed by atoms with Gasteiger partial charge in [-0.1, -0.05) is 0 Å². The minimum Gasteiger partial charge on any atom is -0.366 e. The minimum atomic E-state index is -0.359. The van der Waals surface area contributed by atoms with E-state index in [1.165, 1.54) is 0 Å². The van der Waals surface area contributed by atoms with Gasteiger partial charge in [0.15, 0.2) is 0 Å². The normalized spacial score (nSPS) is 20.9. The Morgan fingerprint density at radius 1 is 1.56 bits per heavy atom. The van der Waals surface area contributed by atoms with Gasteiger partial charge in [-0.15, -0.1) is 21.5 Å². The molecule has 100 valence electrons. The second-order valence-electron chi connectivity index (χ2n) is 4.54. The molecule has 18 heavy (non-hydrogen) atoms. The first-order valence-corrected chi connectivity index (χ1v) is 6.72. The van der Waals surface area contributed by atoms with Crippen molar-refractivity contribution in [2.75, 3.05) is 33.8 Å². The van der Waals surface area contributed by atoms with E-state index >= 15 is 0 Å². The van der Waals surface area contributed by atoms with Crippen molar-refractivity contribution in [2.45, 2.75) is 19.6 Å². The standard InChI is InChI=1S/C11H18N4O2S/c1-8-12-13-10(18-8)7-15-4-5-17-9(6-15)11(16)14(2)3/h9H,4-7H2,1-3H3/t9-/m1/s1. The van der Waals surface area contributed by atoms with E-state index in [4.69, 9.17) is 4.74 Å². The highest BCUT2D eigenvalue weighted by Crippen LogP contribution is 2.14. The van der Waals surface area contributed by atoms with Gasteiger partial charge < -0.3 is 9.64 Å². The van der Waals surface area contributed by atoms with Crippen LogP contribution in [0.25, 0.3) is 0 Å². The van der Waals surface area contributed by atoms with Gasteiger partial charge in [-0.2, -0.15) is 0 Å². The van der Waals surface area contributed by atoms with E-state index in [0.29, 0.717) is 13.2 Å². The summed E-state index contributed by atoms with van der Waals surface area (Å²) < 4.78 is 5.51. The highest BCUT2D eigenvalue weighted by atomic mass is 32.1. The number of aryl methyl sites for hydroxylation is 1. The predicted octanol–water partition coefficient (Wildman–Crippen LogP) is 0.136. The van der Waals surface area contributed by atoms with Crippen molar-refractivity contribution < 1.29 is 9.53 Å². The average Bonchev–Trinajstić information content (AvgIpc) is 2.74. The van der Waals surface area contributed by atoms with Gasteiger partial charge in [-0.05, 0) is 6.92 Å². The Kier molecular flexibility index (Phi) is 4.26. The molecular weight excluding hydrogens is 252 g/mol. The molecule has 1 fully saturated rings. The van der Waals surface area contributed by atoms with Gasteiger partial charge in [0, 0.05) is 27.2 Å². The number of ether oxygens (including phenoxy) is 1. The van der Waals surface area contributed by atoms with E-state index in [9.17, 15) is 4.79 Å². The first-order valence-electron chi connectivity index (χ1n) is 5.90. The summed E-state index contributed by atoms with van der Waals surface area (Å²) in [6.07, 6.45) is -0.359. The molecule has 6 nitrogen and oxygen atoms in total. The molecule has 0 N–H and O–H groups in total. The van der Waals surface area contributed by atoms with Crippen LogP contribution in [0.2, 0.25) is 0 Å². The summed E-state index contributed by atoms with van der Waals surface area (Å²) in [5.41, 5.74) is 0. The third-order valence-electron chi connectivity index (χ3n) is 2.79. The lowest BCUT2D eigenvalue weighted by Gasteiger charge is -2.32. The second kappa shape index (κ2) is 5.73. The largest absolute Gasteiger partial charge is 0.366 e. The molecule has 2 heterocycles. The lowest BCUT2D eigenvalue weighted by Crippen LogP contribution is -2.49. The summed E-state index contributed by atoms with van der Waals surface area (Å²) in [4.78, 5) is 15.6. The zero-order chi connectivity index (χ0) is 13.1. The van der Waals surface area contributed by atoms with Gasteiger partial charge in [0.05, 0.1) is 13.2 Å². The third-order valence-corrected chi connectivity index (χ3v) is 3.62. The van der Waals surface area contributed by atoms with Gasteiger partial charge in [0.2, 0.25) is 0 Å². The summed E-state index contributed by atoms with van der Waals surface area (Å²) in [5, 5.41) is 10.1. The molecule has 1 aromatic rings. The maximum absolute atomic E-state index is 11.8. The molecule has 1 aliphatic rings. The van der Waals surface area contributed by atoms with Crippen molar-refractivity contribution in [3.05, 3.63) is 10.0 Å². The number of aromatic nitrogens is 2. The summed E-state index contributed by atoms with van der Waals surface area (Å²) in [7, 11) is 3.50. The van der Waals surface area contributed by atoms with Crippen molar-refractivity contribution >= 4 is 17.2 Å². The lowest BCUT2D eigenvalue weighted by molar-refractivity contribution is -0.147. The molecule has 1 aliphatic heterocycles. The Morgan fingerprint density at radius 2 is 2.33 bits per heavy atom. The van der Waals surface area contributed by atoms with E-state index in [-0.39, 0.29) is 12.0 Å². The molecule has 0 aromatic carbocycles. The Bertz CT molecular complexity index is 421. The number of hydrogen-bond donors (Lipinski definition) is 0. The second-order valence-corrected chi connectivity index (χ2v) is 5.81. The molecule has 1 atom stereocenters. The van der Waals surface area contributed by atoms with Crippen molar-refractivity contribution in [3.8, 4) is 0 Å². The van der Waals surface area contributed by atoms with E-state index in [1.807, 2.05) is 6.92 Å². The van der Waals surface area contributed by atoms with Crippen LogP contribution in [0.4, 0.5) is 0 Å². The number of likely N-dealkylation sites (N-methyl/N-ethyl adjacent to an activating group) is 1. The van der Waals surface area contributed by atoms with Crippen LogP contribution in [0.3, 0.4) is 0 Å². The van der Waals surface area contributed by atoms with Gasteiger partial charge >= 0.3 is 0 Å². The molecule has 1 amide bonds. The first kappa shape index (κ1) is 13.4. The van der Waals surface area contributed by atoms with Gasteiger partial charge in [-0.3, -0.25) is 9.69 Å². The molecule has 0 saturated carbocycles. The zero-order valence-corrected chi connectivity index (χ0v) is 11.7. The Balaban J connectivity index is 1.92. The molecule has 0 radical (unpaired) electrons. The fraction of sp³-hybridized carbons (Fsp3) is 0.727. The highest BCUT2D eigenvalue weighted by Gasteiger charge is 2.28. The highest BCUT2D eigenvalue weighted by molar-refractivity contribution is 7.11. The molecule has 1 aromatic heterocycles. The van der Waals surface area contributed by atoms with E-state index < -0.39 is 0 Å². The number of hydrogen-bond acceptors (Lipinski definition) is 6. The Morgan fingerprint density at radius 3 is 2.94 bits per heavy atom. The third kappa shape index (κ3) is 3.24. The number of rotatable bonds is 3. The predicted molar refractivity (Wildman–Crippen MR) is 68.4 cm³/mol. The van der Waals surface area contributed by atoms with Crippen molar-refractivity contribution in [1.82, 2.24) is 20.0 Å². The van der Waals surface area contributed by atoms with Crippen LogP contribution >= 0.6 is 11.3 Å².